The third-order valence-electron chi connectivity index (χ3n) is 2.69. The van der Waals surface area contributed by atoms with Gasteiger partial charge in [0, 0.05) is 5.25 Å². The maximum atomic E-state index is 6.18. The lowest BCUT2D eigenvalue weighted by Gasteiger charge is -2.09. The summed E-state index contributed by atoms with van der Waals surface area (Å²) in [6.45, 7) is 5.17. The van der Waals surface area contributed by atoms with Gasteiger partial charge in [-0.3, -0.25) is 4.99 Å². The molecule has 0 amide bonds. The Morgan fingerprint density at radius 2 is 2.35 bits per heavy atom. The number of halogens is 1. The van der Waals surface area contributed by atoms with E-state index in [4.69, 9.17) is 11.6 Å². The van der Waals surface area contributed by atoms with Gasteiger partial charge in [0.25, 0.3) is 0 Å². The van der Waals surface area contributed by atoms with Gasteiger partial charge in [-0.05, 0) is 31.0 Å². The highest BCUT2D eigenvalue weighted by Gasteiger charge is 2.19. The summed E-state index contributed by atoms with van der Waals surface area (Å²) in [4.78, 5) is 4.50. The summed E-state index contributed by atoms with van der Waals surface area (Å²) < 4.78 is 0. The SMILES string of the molecule is CCCC1CN=C(Nc2ccc(C)cc2Cl)S1. The van der Waals surface area contributed by atoms with Gasteiger partial charge in [-0.1, -0.05) is 42.8 Å². The Kier molecular flexibility index (Phi) is 4.35. The molecule has 17 heavy (non-hydrogen) atoms. The van der Waals surface area contributed by atoms with Crippen LogP contribution in [0.5, 0.6) is 0 Å². The van der Waals surface area contributed by atoms with Crippen LogP contribution in [0.3, 0.4) is 0 Å². The average molecular weight is 269 g/mol. The smallest absolute Gasteiger partial charge is 0.161 e. The standard InChI is InChI=1S/C13H17ClN2S/c1-3-4-10-8-15-13(17-10)16-12-6-5-9(2)7-11(12)14/h5-7,10H,3-4,8H2,1-2H3,(H,15,16). The minimum atomic E-state index is 0.631. The molecule has 92 valence electrons. The second kappa shape index (κ2) is 5.78. The summed E-state index contributed by atoms with van der Waals surface area (Å²) in [6.07, 6.45) is 2.44. The molecule has 0 spiro atoms. The van der Waals surface area contributed by atoms with E-state index in [0.717, 1.165) is 22.4 Å². The van der Waals surface area contributed by atoms with Crippen molar-refractivity contribution in [3.05, 3.63) is 28.8 Å². The predicted octanol–water partition coefficient (Wildman–Crippen LogP) is 4.33. The van der Waals surface area contributed by atoms with Crippen molar-refractivity contribution in [3.63, 3.8) is 0 Å². The first-order valence-electron chi connectivity index (χ1n) is 5.93. The van der Waals surface area contributed by atoms with Gasteiger partial charge in [0.1, 0.15) is 0 Å². The van der Waals surface area contributed by atoms with Crippen molar-refractivity contribution in [1.82, 2.24) is 0 Å². The van der Waals surface area contributed by atoms with E-state index in [2.05, 4.69) is 23.3 Å². The summed E-state index contributed by atoms with van der Waals surface area (Å²) in [5.41, 5.74) is 2.12. The highest BCUT2D eigenvalue weighted by atomic mass is 35.5. The quantitative estimate of drug-likeness (QED) is 0.882. The number of hydrogen-bond donors (Lipinski definition) is 1. The molecule has 0 aliphatic carbocycles. The number of thioether (sulfide) groups is 1. The molecular weight excluding hydrogens is 252 g/mol. The molecule has 4 heteroatoms. The van der Waals surface area contributed by atoms with Crippen LogP contribution in [0.1, 0.15) is 25.3 Å². The highest BCUT2D eigenvalue weighted by molar-refractivity contribution is 8.15. The van der Waals surface area contributed by atoms with Crippen LogP contribution < -0.4 is 5.32 Å². The second-order valence-electron chi connectivity index (χ2n) is 4.28. The summed E-state index contributed by atoms with van der Waals surface area (Å²) >= 11 is 8.00. The molecule has 1 aliphatic heterocycles. The number of aliphatic imine (C=N–C) groups is 1. The molecule has 1 atom stereocenters. The van der Waals surface area contributed by atoms with E-state index in [1.54, 1.807) is 0 Å². The van der Waals surface area contributed by atoms with Gasteiger partial charge in [0.05, 0.1) is 17.3 Å². The first-order valence-corrected chi connectivity index (χ1v) is 7.19. The van der Waals surface area contributed by atoms with Crippen LogP contribution in [0.2, 0.25) is 5.02 Å². The highest BCUT2D eigenvalue weighted by Crippen LogP contribution is 2.29. The summed E-state index contributed by atoms with van der Waals surface area (Å²) in [5, 5.41) is 5.69. The molecule has 0 saturated heterocycles. The summed E-state index contributed by atoms with van der Waals surface area (Å²) in [6, 6.07) is 6.03. The van der Waals surface area contributed by atoms with Crippen molar-refractivity contribution in [2.24, 2.45) is 4.99 Å². The molecule has 1 heterocycles. The van der Waals surface area contributed by atoms with Crippen molar-refractivity contribution in [2.45, 2.75) is 31.9 Å². The fourth-order valence-corrected chi connectivity index (χ4v) is 3.21. The zero-order chi connectivity index (χ0) is 12.3. The van der Waals surface area contributed by atoms with E-state index in [1.807, 2.05) is 30.8 Å². The van der Waals surface area contributed by atoms with Crippen LogP contribution in [0.15, 0.2) is 23.2 Å². The first-order chi connectivity index (χ1) is 8.19. The molecule has 1 unspecified atom stereocenters. The molecule has 2 nitrogen and oxygen atoms in total. The third-order valence-corrected chi connectivity index (χ3v) is 4.18. The van der Waals surface area contributed by atoms with Crippen LogP contribution in [0.4, 0.5) is 5.69 Å². The predicted molar refractivity (Wildman–Crippen MR) is 78.4 cm³/mol. The molecule has 1 aliphatic rings. The Labute approximate surface area is 112 Å². The number of nitrogens with one attached hydrogen (secondary N) is 1. The topological polar surface area (TPSA) is 24.4 Å². The number of aryl methyl sites for hydroxylation is 1. The number of benzene rings is 1. The molecule has 1 N–H and O–H groups in total. The largest absolute Gasteiger partial charge is 0.334 e. The first kappa shape index (κ1) is 12.8. The van der Waals surface area contributed by atoms with E-state index >= 15 is 0 Å². The van der Waals surface area contributed by atoms with Crippen LogP contribution in [-0.2, 0) is 0 Å². The maximum absolute atomic E-state index is 6.18. The van der Waals surface area contributed by atoms with Crippen LogP contribution in [-0.4, -0.2) is 17.0 Å². The fraction of sp³-hybridized carbons (Fsp3) is 0.462. The lowest BCUT2D eigenvalue weighted by atomic mass is 10.2. The van der Waals surface area contributed by atoms with Gasteiger partial charge in [-0.15, -0.1) is 0 Å². The van der Waals surface area contributed by atoms with Gasteiger partial charge < -0.3 is 5.32 Å². The maximum Gasteiger partial charge on any atom is 0.161 e. The van der Waals surface area contributed by atoms with E-state index in [-0.39, 0.29) is 0 Å². The molecular formula is C13H17ClN2S. The number of amidine groups is 1. The second-order valence-corrected chi connectivity index (χ2v) is 5.98. The molecule has 0 radical (unpaired) electrons. The van der Waals surface area contributed by atoms with Gasteiger partial charge in [0.2, 0.25) is 0 Å². The lowest BCUT2D eigenvalue weighted by Crippen LogP contribution is -2.07. The van der Waals surface area contributed by atoms with Crippen molar-refractivity contribution in [1.29, 1.82) is 0 Å². The Balaban J connectivity index is 1.98. The van der Waals surface area contributed by atoms with Gasteiger partial charge >= 0.3 is 0 Å². The van der Waals surface area contributed by atoms with Crippen molar-refractivity contribution < 1.29 is 0 Å². The zero-order valence-corrected chi connectivity index (χ0v) is 11.7. The van der Waals surface area contributed by atoms with Gasteiger partial charge in [0.15, 0.2) is 5.17 Å². The van der Waals surface area contributed by atoms with Crippen LogP contribution in [0.25, 0.3) is 0 Å². The average Bonchev–Trinajstić information content (AvgIpc) is 2.71. The Hall–Kier alpha value is -0.670. The molecule has 1 aromatic carbocycles. The molecule has 0 saturated carbocycles. The normalized spacial score (nSPS) is 19.2. The van der Waals surface area contributed by atoms with Crippen LogP contribution in [0, 0.1) is 6.92 Å². The lowest BCUT2D eigenvalue weighted by molar-refractivity contribution is 0.754. The van der Waals surface area contributed by atoms with Gasteiger partial charge in [-0.2, -0.15) is 0 Å². The Morgan fingerprint density at radius 3 is 3.06 bits per heavy atom. The minimum Gasteiger partial charge on any atom is -0.334 e. The number of hydrogen-bond acceptors (Lipinski definition) is 3. The van der Waals surface area contributed by atoms with E-state index in [1.165, 1.54) is 18.4 Å². The zero-order valence-electron chi connectivity index (χ0n) is 10.2. The van der Waals surface area contributed by atoms with Gasteiger partial charge in [-0.25, -0.2) is 0 Å². The van der Waals surface area contributed by atoms with E-state index in [0.29, 0.717) is 5.25 Å². The molecule has 1 aromatic rings. The van der Waals surface area contributed by atoms with Crippen molar-refractivity contribution in [3.8, 4) is 0 Å². The van der Waals surface area contributed by atoms with E-state index < -0.39 is 0 Å². The Morgan fingerprint density at radius 1 is 1.53 bits per heavy atom. The molecule has 0 bridgehead atoms. The Bertz CT molecular complexity index is 431. The number of anilines is 1. The van der Waals surface area contributed by atoms with Crippen LogP contribution >= 0.6 is 23.4 Å². The molecule has 2 rings (SSSR count). The monoisotopic (exact) mass is 268 g/mol. The summed E-state index contributed by atoms with van der Waals surface area (Å²) in [7, 11) is 0. The third kappa shape index (κ3) is 3.39. The fourth-order valence-electron chi connectivity index (χ4n) is 1.80. The number of nitrogens with zero attached hydrogens (tertiary/aromatic N) is 1. The van der Waals surface area contributed by atoms with E-state index in [9.17, 15) is 0 Å². The molecule has 0 aromatic heterocycles. The van der Waals surface area contributed by atoms with Crippen molar-refractivity contribution in [2.75, 3.05) is 11.9 Å². The molecule has 0 fully saturated rings. The minimum absolute atomic E-state index is 0.631. The number of rotatable bonds is 3. The van der Waals surface area contributed by atoms with Crippen molar-refractivity contribution >= 4 is 34.2 Å². The summed E-state index contributed by atoms with van der Waals surface area (Å²) in [5.74, 6) is 0.